The number of imidazole rings is 1. The molecule has 2 atom stereocenters. The molecule has 3 aromatic rings. The Balaban J connectivity index is 1.37. The number of oxime groups is 1. The van der Waals surface area contributed by atoms with Gasteiger partial charge >= 0.3 is 5.97 Å². The molecule has 16 heteroatoms. The maximum absolute atomic E-state index is 13.1. The number of carboxylic acid groups (broad SMARTS) is 1. The third kappa shape index (κ3) is 4.79. The molecule has 0 bridgehead atoms. The van der Waals surface area contributed by atoms with Crippen LogP contribution in [0.5, 0.6) is 0 Å². The third-order valence-corrected chi connectivity index (χ3v) is 8.12. The summed E-state index contributed by atoms with van der Waals surface area (Å²) in [6, 6.07) is 2.33. The summed E-state index contributed by atoms with van der Waals surface area (Å²) in [6.45, 7) is 2.11. The number of carbonyl (C=O) groups is 4. The SMILES string of the molecule is CCON=C(C(=O)N[C@@H]1C(=O)N2C(C(=O)O)=C(C[n+]3ccn4cc(C(N)=O)ccc43)CS[C@@H]12)c1csc(N)n1. The molecule has 202 valence electrons. The molecular weight excluding hydrogens is 548 g/mol. The molecule has 1 saturated heterocycles. The predicted molar refractivity (Wildman–Crippen MR) is 140 cm³/mol. The lowest BCUT2D eigenvalue weighted by Crippen LogP contribution is -2.71. The number of aliphatic carboxylic acids is 1. The van der Waals surface area contributed by atoms with E-state index in [0.29, 0.717) is 22.5 Å². The second-order valence-corrected chi connectivity index (χ2v) is 10.5. The van der Waals surface area contributed by atoms with Gasteiger partial charge in [0.15, 0.2) is 10.8 Å². The lowest BCUT2D eigenvalue weighted by Gasteiger charge is -2.49. The summed E-state index contributed by atoms with van der Waals surface area (Å²) in [5.41, 5.74) is 12.5. The van der Waals surface area contributed by atoms with Crippen molar-refractivity contribution in [2.45, 2.75) is 24.9 Å². The maximum atomic E-state index is 13.1. The molecule has 39 heavy (non-hydrogen) atoms. The molecule has 2 aliphatic heterocycles. The van der Waals surface area contributed by atoms with E-state index in [-0.39, 0.29) is 35.4 Å². The summed E-state index contributed by atoms with van der Waals surface area (Å²) in [5.74, 6) is -2.74. The van der Waals surface area contributed by atoms with Crippen molar-refractivity contribution in [2.24, 2.45) is 10.9 Å². The number of carbonyl (C=O) groups excluding carboxylic acids is 3. The number of primary amides is 1. The Hall–Kier alpha value is -4.44. The number of hydrogen-bond donors (Lipinski definition) is 4. The Morgan fingerprint density at radius 2 is 2.15 bits per heavy atom. The van der Waals surface area contributed by atoms with Crippen LogP contribution >= 0.6 is 23.1 Å². The van der Waals surface area contributed by atoms with Crippen molar-refractivity contribution in [3.8, 4) is 0 Å². The molecule has 0 aromatic carbocycles. The number of hydrogen-bond acceptors (Lipinski definition) is 10. The highest BCUT2D eigenvalue weighted by Gasteiger charge is 2.54. The van der Waals surface area contributed by atoms with Crippen LogP contribution in [0.1, 0.15) is 23.0 Å². The van der Waals surface area contributed by atoms with E-state index in [2.05, 4.69) is 15.5 Å². The molecule has 6 N–H and O–H groups in total. The fourth-order valence-electron chi connectivity index (χ4n) is 4.33. The predicted octanol–water partition coefficient (Wildman–Crippen LogP) is -0.456. The summed E-state index contributed by atoms with van der Waals surface area (Å²) in [7, 11) is 0. The number of nitrogen functional groups attached to an aromatic ring is 1. The quantitative estimate of drug-likeness (QED) is 0.114. The largest absolute Gasteiger partial charge is 0.477 e. The van der Waals surface area contributed by atoms with Gasteiger partial charge in [-0.25, -0.2) is 18.7 Å². The first-order chi connectivity index (χ1) is 18.7. The Bertz CT molecular complexity index is 1580. The first-order valence-electron chi connectivity index (χ1n) is 11.6. The van der Waals surface area contributed by atoms with Crippen molar-refractivity contribution in [2.75, 3.05) is 18.1 Å². The summed E-state index contributed by atoms with van der Waals surface area (Å²) >= 11 is 2.47. The smallest absolute Gasteiger partial charge is 0.352 e. The van der Waals surface area contributed by atoms with Crippen molar-refractivity contribution < 1.29 is 33.7 Å². The molecule has 3 amide bonds. The normalized spacial score (nSPS) is 19.1. The van der Waals surface area contributed by atoms with Crippen LogP contribution in [0, 0.1) is 0 Å². The lowest BCUT2D eigenvalue weighted by molar-refractivity contribution is -0.662. The highest BCUT2D eigenvalue weighted by atomic mass is 32.2. The second-order valence-electron chi connectivity index (χ2n) is 8.52. The molecule has 2 aliphatic rings. The maximum Gasteiger partial charge on any atom is 0.352 e. The first-order valence-corrected chi connectivity index (χ1v) is 13.5. The molecule has 1 fully saturated rings. The average molecular weight is 572 g/mol. The molecule has 5 rings (SSSR count). The number of nitrogens with zero attached hydrogens (tertiary/aromatic N) is 5. The summed E-state index contributed by atoms with van der Waals surface area (Å²) in [5, 5.41) is 17.7. The van der Waals surface area contributed by atoms with Crippen LogP contribution in [-0.4, -0.2) is 72.6 Å². The fourth-order valence-corrected chi connectivity index (χ4v) is 6.21. The van der Waals surface area contributed by atoms with E-state index in [1.165, 1.54) is 16.7 Å². The third-order valence-electron chi connectivity index (χ3n) is 6.10. The number of amides is 3. The minimum atomic E-state index is -1.25. The van der Waals surface area contributed by atoms with Gasteiger partial charge in [-0.05, 0) is 13.0 Å². The molecule has 0 spiro atoms. The van der Waals surface area contributed by atoms with Crippen LogP contribution in [0.25, 0.3) is 5.65 Å². The Morgan fingerprint density at radius 3 is 2.82 bits per heavy atom. The highest BCUT2D eigenvalue weighted by molar-refractivity contribution is 8.00. The number of rotatable bonds is 9. The van der Waals surface area contributed by atoms with Gasteiger partial charge in [0, 0.05) is 22.8 Å². The Labute approximate surface area is 228 Å². The molecule has 14 nitrogen and oxygen atoms in total. The number of thiazole rings is 1. The zero-order chi connectivity index (χ0) is 27.8. The van der Waals surface area contributed by atoms with Gasteiger partial charge in [0.1, 0.15) is 54.5 Å². The van der Waals surface area contributed by atoms with Crippen LogP contribution in [0.3, 0.4) is 0 Å². The number of carboxylic acids is 1. The minimum Gasteiger partial charge on any atom is -0.477 e. The second kappa shape index (κ2) is 10.4. The van der Waals surface area contributed by atoms with Gasteiger partial charge in [-0.3, -0.25) is 19.3 Å². The summed E-state index contributed by atoms with van der Waals surface area (Å²) < 4.78 is 3.51. The summed E-state index contributed by atoms with van der Waals surface area (Å²) in [6.07, 6.45) is 5.05. The van der Waals surface area contributed by atoms with E-state index in [9.17, 15) is 24.3 Å². The van der Waals surface area contributed by atoms with Crippen molar-refractivity contribution in [3.05, 3.63) is 58.6 Å². The van der Waals surface area contributed by atoms with Crippen molar-refractivity contribution in [3.63, 3.8) is 0 Å². The molecular formula is C23H23N8O6S2+. The van der Waals surface area contributed by atoms with E-state index < -0.39 is 35.1 Å². The Kier molecular flexibility index (Phi) is 6.96. The van der Waals surface area contributed by atoms with E-state index in [4.69, 9.17) is 16.3 Å². The highest BCUT2D eigenvalue weighted by Crippen LogP contribution is 2.40. The molecule has 5 heterocycles. The van der Waals surface area contributed by atoms with Gasteiger partial charge < -0.3 is 26.7 Å². The van der Waals surface area contributed by atoms with E-state index in [0.717, 1.165) is 11.3 Å². The van der Waals surface area contributed by atoms with E-state index in [1.807, 2.05) is 4.57 Å². The molecule has 0 saturated carbocycles. The standard InChI is InChI=1S/C23H22N8O6S2/c1-2-37-28-15(13-10-39-23(25)26-13)19(33)27-16-20(34)31-17(22(35)36)12(9-38-21(16)31)8-30-6-5-29-7-11(18(24)32)3-4-14(29)30/h3-7,10,16,21H,2,8-9H2,1H3,(H5-,24,25,26,27,32,33,35,36)/p+1/t16-,21+/m1/s1. The number of thioether (sulfide) groups is 1. The molecule has 0 aliphatic carbocycles. The van der Waals surface area contributed by atoms with Gasteiger partial charge in [-0.1, -0.05) is 5.16 Å². The summed E-state index contributed by atoms with van der Waals surface area (Å²) in [4.78, 5) is 60.2. The Morgan fingerprint density at radius 1 is 1.36 bits per heavy atom. The van der Waals surface area contributed by atoms with Crippen LogP contribution in [-0.2, 0) is 25.8 Å². The average Bonchev–Trinajstić information content (AvgIpc) is 3.52. The van der Waals surface area contributed by atoms with Crippen molar-refractivity contribution in [1.29, 1.82) is 0 Å². The van der Waals surface area contributed by atoms with Crippen LogP contribution < -0.4 is 21.4 Å². The van der Waals surface area contributed by atoms with E-state index >= 15 is 0 Å². The number of aromatic nitrogens is 3. The minimum absolute atomic E-state index is 0.120. The van der Waals surface area contributed by atoms with Crippen LogP contribution in [0.2, 0.25) is 0 Å². The zero-order valence-electron chi connectivity index (χ0n) is 20.4. The van der Waals surface area contributed by atoms with Gasteiger partial charge in [-0.15, -0.1) is 23.1 Å². The number of β-lactam (4-membered cyclic amide) rings is 1. The van der Waals surface area contributed by atoms with Gasteiger partial charge in [0.25, 0.3) is 23.4 Å². The number of nitrogens with two attached hydrogens (primary N) is 2. The van der Waals surface area contributed by atoms with Crippen molar-refractivity contribution >= 4 is 63.3 Å². The topological polar surface area (TPSA) is 199 Å². The molecule has 0 radical (unpaired) electrons. The fraction of sp³-hybridized carbons (Fsp3) is 0.261. The number of fused-ring (bicyclic) bond motifs is 2. The lowest BCUT2D eigenvalue weighted by atomic mass is 10.0. The van der Waals surface area contributed by atoms with Gasteiger partial charge in [-0.2, -0.15) is 0 Å². The number of anilines is 1. The van der Waals surface area contributed by atoms with Gasteiger partial charge in [0.2, 0.25) is 0 Å². The van der Waals surface area contributed by atoms with Crippen molar-refractivity contribution in [1.82, 2.24) is 19.6 Å². The van der Waals surface area contributed by atoms with Gasteiger partial charge in [0.05, 0.1) is 5.56 Å². The molecule has 3 aromatic heterocycles. The van der Waals surface area contributed by atoms with Crippen LogP contribution in [0.15, 0.2) is 52.5 Å². The number of nitrogens with one attached hydrogen (secondary N) is 1. The zero-order valence-corrected chi connectivity index (χ0v) is 22.1. The monoisotopic (exact) mass is 571 g/mol. The van der Waals surface area contributed by atoms with E-state index in [1.54, 1.807) is 47.4 Å². The number of pyridine rings is 1. The molecule has 0 unspecified atom stereocenters. The van der Waals surface area contributed by atoms with Crippen LogP contribution in [0.4, 0.5) is 5.13 Å². The first kappa shape index (κ1) is 26.2.